The second kappa shape index (κ2) is 16.6. The van der Waals surface area contributed by atoms with Crippen LogP contribution in [-0.4, -0.2) is 65.9 Å². The molecule has 0 radical (unpaired) electrons. The third kappa shape index (κ3) is 9.94. The minimum Gasteiger partial charge on any atom is -0.481 e. The molecule has 3 atom stereocenters. The molecule has 0 aromatic heterocycles. The van der Waals surface area contributed by atoms with E-state index in [4.69, 9.17) is 19.3 Å². The zero-order chi connectivity index (χ0) is 31.4. The van der Waals surface area contributed by atoms with Crippen molar-refractivity contribution in [1.29, 1.82) is 0 Å². The number of aliphatic hydroxyl groups is 1. The molecule has 3 aromatic rings. The van der Waals surface area contributed by atoms with Gasteiger partial charge in [0.2, 0.25) is 5.91 Å². The summed E-state index contributed by atoms with van der Waals surface area (Å²) in [5.74, 6) is -0.831. The van der Waals surface area contributed by atoms with Crippen LogP contribution in [-0.2, 0) is 37.0 Å². The highest BCUT2D eigenvalue weighted by atomic mass is 16.7. The van der Waals surface area contributed by atoms with Crippen molar-refractivity contribution in [3.05, 3.63) is 95.1 Å². The number of aliphatic carboxylic acids is 1. The first-order chi connectivity index (χ1) is 22.0. The molecular formula is C36H44N2O7. The van der Waals surface area contributed by atoms with Crippen LogP contribution in [0.4, 0.5) is 0 Å². The number of carbonyl (C=O) groups is 2. The Bertz CT molecular complexity index is 1390. The van der Waals surface area contributed by atoms with E-state index in [0.29, 0.717) is 25.8 Å². The van der Waals surface area contributed by atoms with Crippen molar-refractivity contribution in [3.8, 4) is 11.1 Å². The van der Waals surface area contributed by atoms with Crippen LogP contribution in [0.5, 0.6) is 0 Å². The molecule has 0 unspecified atom stereocenters. The molecule has 0 saturated carbocycles. The number of carboxylic acids is 1. The van der Waals surface area contributed by atoms with Crippen molar-refractivity contribution in [1.82, 2.24) is 10.2 Å². The molecule has 1 amide bonds. The summed E-state index contributed by atoms with van der Waals surface area (Å²) in [6, 6.07) is 24.3. The molecule has 0 aliphatic carbocycles. The maximum absolute atomic E-state index is 12.3. The second-order valence-electron chi connectivity index (χ2n) is 11.8. The number of rotatable bonds is 14. The largest absolute Gasteiger partial charge is 0.481 e. The van der Waals surface area contributed by atoms with Crippen molar-refractivity contribution >= 4 is 11.9 Å². The van der Waals surface area contributed by atoms with Gasteiger partial charge in [0.15, 0.2) is 6.29 Å². The van der Waals surface area contributed by atoms with E-state index in [2.05, 4.69) is 34.5 Å². The zero-order valence-electron chi connectivity index (χ0n) is 25.7. The number of unbranched alkanes of at least 4 members (excludes halogenated alkanes) is 2. The Morgan fingerprint density at radius 1 is 0.822 bits per heavy atom. The third-order valence-electron chi connectivity index (χ3n) is 8.38. The van der Waals surface area contributed by atoms with Gasteiger partial charge in [-0.25, -0.2) is 0 Å². The Morgan fingerprint density at radius 3 is 2.31 bits per heavy atom. The number of benzene rings is 3. The average Bonchev–Trinajstić information content (AvgIpc) is 3.07. The number of carbonyl (C=O) groups excluding carboxylic acids is 1. The highest BCUT2D eigenvalue weighted by Gasteiger charge is 2.33. The number of carboxylic acid groups (broad SMARTS) is 1. The van der Waals surface area contributed by atoms with Gasteiger partial charge in [0, 0.05) is 51.0 Å². The lowest BCUT2D eigenvalue weighted by molar-refractivity contribution is -0.253. The maximum atomic E-state index is 12.3. The van der Waals surface area contributed by atoms with Gasteiger partial charge in [-0.05, 0) is 52.8 Å². The molecule has 2 aliphatic rings. The van der Waals surface area contributed by atoms with Gasteiger partial charge < -0.3 is 29.7 Å². The van der Waals surface area contributed by atoms with E-state index in [-0.39, 0.29) is 31.1 Å². The van der Waals surface area contributed by atoms with Crippen LogP contribution in [0.15, 0.2) is 72.8 Å². The molecule has 9 heteroatoms. The third-order valence-corrected chi connectivity index (χ3v) is 8.38. The molecule has 45 heavy (non-hydrogen) atoms. The summed E-state index contributed by atoms with van der Waals surface area (Å²) in [5.41, 5.74) is 5.95. The molecule has 9 nitrogen and oxygen atoms in total. The van der Waals surface area contributed by atoms with Gasteiger partial charge in [0.05, 0.1) is 32.0 Å². The lowest BCUT2D eigenvalue weighted by atomic mass is 9.98. The predicted molar refractivity (Wildman–Crippen MR) is 170 cm³/mol. The number of morpholine rings is 1. The summed E-state index contributed by atoms with van der Waals surface area (Å²) in [4.78, 5) is 25.4. The lowest BCUT2D eigenvalue weighted by Crippen LogP contribution is -2.44. The molecule has 240 valence electrons. The van der Waals surface area contributed by atoms with Crippen LogP contribution in [0.2, 0.25) is 0 Å². The summed E-state index contributed by atoms with van der Waals surface area (Å²) < 4.78 is 18.7. The summed E-state index contributed by atoms with van der Waals surface area (Å²) in [5, 5.41) is 21.2. The van der Waals surface area contributed by atoms with Crippen LogP contribution in [0.25, 0.3) is 11.1 Å². The molecular weight excluding hydrogens is 572 g/mol. The van der Waals surface area contributed by atoms with Crippen molar-refractivity contribution in [2.24, 2.45) is 0 Å². The lowest BCUT2D eigenvalue weighted by Gasteiger charge is -2.39. The highest BCUT2D eigenvalue weighted by Crippen LogP contribution is 2.39. The Hall–Kier alpha value is -3.60. The average molecular weight is 617 g/mol. The molecule has 5 rings (SSSR count). The number of aliphatic hydroxyl groups excluding tert-OH is 1. The van der Waals surface area contributed by atoms with Crippen molar-refractivity contribution < 1.29 is 34.0 Å². The fourth-order valence-electron chi connectivity index (χ4n) is 5.86. The van der Waals surface area contributed by atoms with E-state index in [9.17, 15) is 14.7 Å². The first kappa shape index (κ1) is 32.8. The smallest absolute Gasteiger partial charge is 0.303 e. The fraction of sp³-hybridized carbons (Fsp3) is 0.444. The second-order valence-corrected chi connectivity index (χ2v) is 11.8. The molecule has 2 heterocycles. The molecule has 2 fully saturated rings. The molecule has 3 N–H and O–H groups in total. The molecule has 2 saturated heterocycles. The summed E-state index contributed by atoms with van der Waals surface area (Å²) in [6.45, 7) is 4.49. The normalized spacial score (nSPS) is 20.5. The minimum atomic E-state index is -0.800. The van der Waals surface area contributed by atoms with Gasteiger partial charge in [-0.2, -0.15) is 0 Å². The fourth-order valence-corrected chi connectivity index (χ4v) is 5.86. The number of amides is 1. The van der Waals surface area contributed by atoms with Crippen LogP contribution < -0.4 is 5.32 Å². The molecule has 0 spiro atoms. The first-order valence-corrected chi connectivity index (χ1v) is 16.0. The first-order valence-electron chi connectivity index (χ1n) is 16.0. The number of hydrogen-bond acceptors (Lipinski definition) is 7. The van der Waals surface area contributed by atoms with Crippen LogP contribution in [0.1, 0.15) is 73.2 Å². The van der Waals surface area contributed by atoms with E-state index in [1.54, 1.807) is 0 Å². The van der Waals surface area contributed by atoms with Crippen molar-refractivity contribution in [2.45, 2.75) is 70.2 Å². The van der Waals surface area contributed by atoms with E-state index in [1.807, 2.05) is 48.5 Å². The van der Waals surface area contributed by atoms with Gasteiger partial charge in [-0.1, -0.05) is 67.1 Å². The van der Waals surface area contributed by atoms with Gasteiger partial charge in [-0.3, -0.25) is 14.5 Å². The predicted octanol–water partition coefficient (Wildman–Crippen LogP) is 5.37. The van der Waals surface area contributed by atoms with Crippen LogP contribution in [0.3, 0.4) is 0 Å². The van der Waals surface area contributed by atoms with Gasteiger partial charge in [0.1, 0.15) is 0 Å². The molecule has 3 aromatic carbocycles. The van der Waals surface area contributed by atoms with E-state index in [0.717, 1.165) is 79.1 Å². The SMILES string of the molecule is O=C(O)CCCCCC(=O)NCc1cccc(-c2cccc([C@@H]3O[C@H](CN4CCOCC4)C[C@H](c4ccc(CO)cc4)O3)c2)c1. The minimum absolute atomic E-state index is 0.00768. The Balaban J connectivity index is 1.25. The van der Waals surface area contributed by atoms with Crippen molar-refractivity contribution in [2.75, 3.05) is 32.8 Å². The summed E-state index contributed by atoms with van der Waals surface area (Å²) in [7, 11) is 0. The quantitative estimate of drug-likeness (QED) is 0.207. The van der Waals surface area contributed by atoms with E-state index in [1.165, 1.54) is 0 Å². The van der Waals surface area contributed by atoms with E-state index >= 15 is 0 Å². The number of nitrogens with one attached hydrogen (secondary N) is 1. The Kier molecular flexibility index (Phi) is 12.1. The molecule has 2 aliphatic heterocycles. The van der Waals surface area contributed by atoms with Crippen molar-refractivity contribution in [3.63, 3.8) is 0 Å². The number of hydrogen-bond donors (Lipinski definition) is 3. The van der Waals surface area contributed by atoms with E-state index < -0.39 is 12.3 Å². The van der Waals surface area contributed by atoms with Gasteiger partial charge in [-0.15, -0.1) is 0 Å². The standard InChI is InChI=1S/C36H44N2O7/c39-25-26-12-14-28(15-13-26)33-22-32(24-38-16-18-43-19-17-38)44-36(45-33)31-9-5-8-30(21-31)29-7-4-6-27(20-29)23-37-34(40)10-2-1-3-11-35(41)42/h4-9,12-15,20-21,32-33,36,39H,1-3,10-11,16-19,22-25H2,(H,37,40)(H,41,42)/t32-,33+,36+/m0/s1. The monoisotopic (exact) mass is 616 g/mol. The van der Waals surface area contributed by atoms with Crippen LogP contribution >= 0.6 is 0 Å². The summed E-state index contributed by atoms with van der Waals surface area (Å²) in [6.07, 6.45) is 2.57. The Morgan fingerprint density at radius 2 is 1.56 bits per heavy atom. The van der Waals surface area contributed by atoms with Gasteiger partial charge in [0.25, 0.3) is 0 Å². The van der Waals surface area contributed by atoms with Crippen LogP contribution in [0, 0.1) is 0 Å². The topological polar surface area (TPSA) is 118 Å². The number of nitrogens with zero attached hydrogens (tertiary/aromatic N) is 1. The maximum Gasteiger partial charge on any atom is 0.303 e. The Labute approximate surface area is 265 Å². The number of ether oxygens (including phenoxy) is 3. The zero-order valence-corrected chi connectivity index (χ0v) is 25.7. The molecule has 0 bridgehead atoms. The van der Waals surface area contributed by atoms with Gasteiger partial charge >= 0.3 is 5.97 Å². The highest BCUT2D eigenvalue weighted by molar-refractivity contribution is 5.76. The summed E-state index contributed by atoms with van der Waals surface area (Å²) >= 11 is 0.